The number of nitrogens with one attached hydrogen (secondary N) is 1. The molecule has 0 spiro atoms. The van der Waals surface area contributed by atoms with E-state index in [1.54, 1.807) is 0 Å². The van der Waals surface area contributed by atoms with Gasteiger partial charge < -0.3 is 20.3 Å². The van der Waals surface area contributed by atoms with E-state index < -0.39 is 12.1 Å². The number of allylic oxidation sites excluding steroid dienone is 2. The normalized spacial score (nSPS) is 12.4. The first-order chi connectivity index (χ1) is 46.0. The van der Waals surface area contributed by atoms with Crippen molar-refractivity contribution in [2.75, 3.05) is 13.2 Å². The third-order valence-corrected chi connectivity index (χ3v) is 20.8. The Labute approximate surface area is 584 Å². The minimum atomic E-state index is -0.661. The number of esters is 1. The van der Waals surface area contributed by atoms with E-state index >= 15 is 0 Å². The highest BCUT2D eigenvalue weighted by atomic mass is 16.5. The lowest BCUT2D eigenvalue weighted by Gasteiger charge is -2.22. The monoisotopic (exact) mass is 1310 g/mol. The highest BCUT2D eigenvalue weighted by Gasteiger charge is 2.20. The van der Waals surface area contributed by atoms with Gasteiger partial charge in [-0.05, 0) is 51.4 Å². The van der Waals surface area contributed by atoms with Crippen molar-refractivity contribution in [3.63, 3.8) is 0 Å². The van der Waals surface area contributed by atoms with Crippen LogP contribution in [0.3, 0.4) is 0 Å². The molecule has 0 bridgehead atoms. The number of carbonyl (C=O) groups excluding carboxylic acids is 2. The number of hydrogen-bond acceptors (Lipinski definition) is 5. The van der Waals surface area contributed by atoms with Gasteiger partial charge in [-0.15, -0.1) is 0 Å². The lowest BCUT2D eigenvalue weighted by atomic mass is 10.0. The van der Waals surface area contributed by atoms with Gasteiger partial charge in [0.25, 0.3) is 0 Å². The maximum atomic E-state index is 12.6. The molecule has 0 aliphatic carbocycles. The fourth-order valence-corrected chi connectivity index (χ4v) is 14.2. The first-order valence-corrected chi connectivity index (χ1v) is 43.4. The number of unbranched alkanes of at least 4 members (excludes halogenated alkanes) is 70. The van der Waals surface area contributed by atoms with Gasteiger partial charge in [0.15, 0.2) is 0 Å². The van der Waals surface area contributed by atoms with Crippen molar-refractivity contribution in [2.24, 2.45) is 0 Å². The number of carbonyl (C=O) groups is 2. The molecule has 1 amide bonds. The Hall–Kier alpha value is -1.40. The third-order valence-electron chi connectivity index (χ3n) is 20.8. The minimum Gasteiger partial charge on any atom is -0.466 e. The molecular weight excluding hydrogens is 1140 g/mol. The molecule has 0 aliphatic heterocycles. The fraction of sp³-hybridized carbons (Fsp3) is 0.954. The van der Waals surface area contributed by atoms with Gasteiger partial charge in [-0.25, -0.2) is 0 Å². The molecule has 0 saturated heterocycles. The molecule has 0 fully saturated rings. The molecule has 6 heteroatoms. The zero-order valence-corrected chi connectivity index (χ0v) is 63.8. The average molecular weight is 1310 g/mol. The van der Waals surface area contributed by atoms with Crippen LogP contribution in [0.2, 0.25) is 0 Å². The molecule has 0 rings (SSSR count). The van der Waals surface area contributed by atoms with Crippen molar-refractivity contribution in [3.05, 3.63) is 12.2 Å². The van der Waals surface area contributed by atoms with Crippen molar-refractivity contribution in [3.8, 4) is 0 Å². The van der Waals surface area contributed by atoms with Crippen LogP contribution in [0.1, 0.15) is 508 Å². The Morgan fingerprint density at radius 1 is 0.290 bits per heavy atom. The van der Waals surface area contributed by atoms with Crippen LogP contribution in [-0.4, -0.2) is 47.4 Å². The summed E-state index contributed by atoms with van der Waals surface area (Å²) in [5.41, 5.74) is 0. The SMILES string of the molecule is CCCCCC/C=C\CCCCCCCC(=O)OCCCCCCCCCCCCCCCCCCCCCCCCCCCCCCCCCCCCCCCCCC(=O)NC(CO)C(O)CCCCCCCCCCCCCCCCCCCCCCCCCC. The van der Waals surface area contributed by atoms with Crippen molar-refractivity contribution in [2.45, 2.75) is 520 Å². The summed E-state index contributed by atoms with van der Waals surface area (Å²) in [5, 5.41) is 23.5. The number of ether oxygens (including phenoxy) is 1. The highest BCUT2D eigenvalue weighted by molar-refractivity contribution is 5.76. The summed E-state index contributed by atoms with van der Waals surface area (Å²) < 4.78 is 5.49. The third kappa shape index (κ3) is 79.5. The summed E-state index contributed by atoms with van der Waals surface area (Å²) in [6, 6.07) is -0.538. The topological polar surface area (TPSA) is 95.9 Å². The summed E-state index contributed by atoms with van der Waals surface area (Å²) in [6.07, 6.45) is 106. The summed E-state index contributed by atoms with van der Waals surface area (Å²) in [6.45, 7) is 5.00. The Kier molecular flexibility index (Phi) is 81.8. The molecule has 0 heterocycles. The summed E-state index contributed by atoms with van der Waals surface area (Å²) >= 11 is 0. The number of aliphatic hydroxyl groups is 2. The van der Waals surface area contributed by atoms with Gasteiger partial charge in [0, 0.05) is 12.8 Å². The Morgan fingerprint density at radius 3 is 0.774 bits per heavy atom. The second kappa shape index (κ2) is 83.0. The molecule has 93 heavy (non-hydrogen) atoms. The van der Waals surface area contributed by atoms with Gasteiger partial charge in [-0.2, -0.15) is 0 Å². The zero-order chi connectivity index (χ0) is 67.0. The van der Waals surface area contributed by atoms with Gasteiger partial charge in [0.1, 0.15) is 0 Å². The number of aliphatic hydroxyl groups excluding tert-OH is 2. The van der Waals surface area contributed by atoms with E-state index in [0.717, 1.165) is 44.9 Å². The number of amides is 1. The van der Waals surface area contributed by atoms with Crippen LogP contribution in [0.15, 0.2) is 12.2 Å². The van der Waals surface area contributed by atoms with Crippen LogP contribution in [0.4, 0.5) is 0 Å². The fourth-order valence-electron chi connectivity index (χ4n) is 14.2. The highest BCUT2D eigenvalue weighted by Crippen LogP contribution is 2.21. The van der Waals surface area contributed by atoms with Crippen molar-refractivity contribution >= 4 is 11.9 Å². The smallest absolute Gasteiger partial charge is 0.305 e. The summed E-state index contributed by atoms with van der Waals surface area (Å²) in [7, 11) is 0. The molecule has 0 aliphatic rings. The van der Waals surface area contributed by atoms with Crippen LogP contribution in [-0.2, 0) is 14.3 Å². The second-order valence-corrected chi connectivity index (χ2v) is 30.2. The molecule has 2 unspecified atom stereocenters. The largest absolute Gasteiger partial charge is 0.466 e. The predicted molar refractivity (Wildman–Crippen MR) is 412 cm³/mol. The molecule has 2 atom stereocenters. The van der Waals surface area contributed by atoms with E-state index in [-0.39, 0.29) is 18.5 Å². The van der Waals surface area contributed by atoms with E-state index in [1.165, 1.54) is 430 Å². The first kappa shape index (κ1) is 91.6. The lowest BCUT2D eigenvalue weighted by Crippen LogP contribution is -2.45. The Balaban J connectivity index is 3.30. The Bertz CT molecular complexity index is 1420. The van der Waals surface area contributed by atoms with E-state index in [4.69, 9.17) is 4.74 Å². The maximum Gasteiger partial charge on any atom is 0.305 e. The van der Waals surface area contributed by atoms with Gasteiger partial charge in [0.05, 0.1) is 25.4 Å². The maximum absolute atomic E-state index is 12.6. The van der Waals surface area contributed by atoms with Crippen LogP contribution in [0.5, 0.6) is 0 Å². The molecular formula is C87H171NO5. The van der Waals surface area contributed by atoms with E-state index in [1.807, 2.05) is 0 Å². The first-order valence-electron chi connectivity index (χ1n) is 43.4. The van der Waals surface area contributed by atoms with Crippen LogP contribution in [0.25, 0.3) is 0 Å². The molecule has 554 valence electrons. The lowest BCUT2D eigenvalue weighted by molar-refractivity contribution is -0.143. The van der Waals surface area contributed by atoms with Gasteiger partial charge in [-0.3, -0.25) is 9.59 Å². The Morgan fingerprint density at radius 2 is 0.505 bits per heavy atom. The number of hydrogen-bond donors (Lipinski definition) is 3. The van der Waals surface area contributed by atoms with E-state index in [9.17, 15) is 19.8 Å². The standard InChI is InChI=1S/C87H171NO5/c1-3-5-7-9-11-13-15-17-18-19-20-21-22-40-43-46-49-52-56-59-63-67-71-75-79-85(90)84(83-89)88-86(91)80-76-72-68-64-60-57-53-50-47-44-41-38-36-34-32-30-28-26-24-23-25-27-29-31-33-35-37-39-42-45-48-51-54-58-62-66-70-74-78-82-93-87(92)81-77-73-69-65-61-55-16-14-12-10-8-6-4-2/h14,16,84-85,89-90H,3-13,15,17-83H2,1-2H3,(H,88,91)/b16-14-. The average Bonchev–Trinajstić information content (AvgIpc) is 3.78. The second-order valence-electron chi connectivity index (χ2n) is 30.2. The van der Waals surface area contributed by atoms with Crippen LogP contribution >= 0.6 is 0 Å². The molecule has 0 aromatic carbocycles. The van der Waals surface area contributed by atoms with Gasteiger partial charge >= 0.3 is 5.97 Å². The van der Waals surface area contributed by atoms with E-state index in [2.05, 4.69) is 31.3 Å². The van der Waals surface area contributed by atoms with Gasteiger partial charge in [0.2, 0.25) is 5.91 Å². The molecule has 0 radical (unpaired) electrons. The molecule has 0 aromatic heterocycles. The van der Waals surface area contributed by atoms with E-state index in [0.29, 0.717) is 25.9 Å². The summed E-state index contributed by atoms with van der Waals surface area (Å²) in [4.78, 5) is 24.7. The number of rotatable bonds is 83. The van der Waals surface area contributed by atoms with Gasteiger partial charge in [-0.1, -0.05) is 456 Å². The van der Waals surface area contributed by atoms with Crippen LogP contribution in [0, 0.1) is 0 Å². The molecule has 6 nitrogen and oxygen atoms in total. The minimum absolute atomic E-state index is 0.0160. The quantitative estimate of drug-likeness (QED) is 0.0320. The van der Waals surface area contributed by atoms with Crippen molar-refractivity contribution < 1.29 is 24.5 Å². The zero-order valence-electron chi connectivity index (χ0n) is 63.8. The molecule has 0 saturated carbocycles. The molecule has 0 aromatic rings. The van der Waals surface area contributed by atoms with Crippen molar-refractivity contribution in [1.82, 2.24) is 5.32 Å². The molecule has 3 N–H and O–H groups in total. The predicted octanol–water partition coefficient (Wildman–Crippen LogP) is 29.0. The van der Waals surface area contributed by atoms with Crippen LogP contribution < -0.4 is 5.32 Å². The van der Waals surface area contributed by atoms with Crippen molar-refractivity contribution in [1.29, 1.82) is 0 Å². The summed E-state index contributed by atoms with van der Waals surface area (Å²) in [5.74, 6) is -0.00615.